The maximum Gasteiger partial charge on any atom is 0.306 e. The minimum Gasteiger partial charge on any atom is -0.462 e. The highest BCUT2D eigenvalue weighted by Crippen LogP contribution is 2.14. The van der Waals surface area contributed by atoms with Gasteiger partial charge in [-0.25, -0.2) is 0 Å². The van der Waals surface area contributed by atoms with Gasteiger partial charge < -0.3 is 14.2 Å². The van der Waals surface area contributed by atoms with E-state index in [9.17, 15) is 14.4 Å². The Hall–Kier alpha value is -3.67. The van der Waals surface area contributed by atoms with Crippen LogP contribution in [0.5, 0.6) is 0 Å². The molecular formula is C59H98O6. The molecule has 0 saturated carbocycles. The van der Waals surface area contributed by atoms with Gasteiger partial charge in [0.25, 0.3) is 0 Å². The van der Waals surface area contributed by atoms with Crippen molar-refractivity contribution < 1.29 is 28.6 Å². The number of rotatable bonds is 47. The second kappa shape index (κ2) is 52.9. The monoisotopic (exact) mass is 903 g/mol. The van der Waals surface area contributed by atoms with E-state index in [2.05, 4.69) is 118 Å². The lowest BCUT2D eigenvalue weighted by Crippen LogP contribution is -2.30. The zero-order valence-electron chi connectivity index (χ0n) is 42.2. The van der Waals surface area contributed by atoms with Crippen molar-refractivity contribution in [1.29, 1.82) is 0 Å². The topological polar surface area (TPSA) is 78.9 Å². The van der Waals surface area contributed by atoms with E-state index in [1.807, 2.05) is 0 Å². The number of hydrogen-bond donors (Lipinski definition) is 0. The molecule has 0 aromatic carbocycles. The van der Waals surface area contributed by atoms with Crippen LogP contribution in [0, 0.1) is 0 Å². The van der Waals surface area contributed by atoms with Crippen molar-refractivity contribution in [2.24, 2.45) is 0 Å². The van der Waals surface area contributed by atoms with E-state index in [1.54, 1.807) is 0 Å². The van der Waals surface area contributed by atoms with Crippen LogP contribution < -0.4 is 0 Å². The minimum absolute atomic E-state index is 0.0836. The van der Waals surface area contributed by atoms with Crippen LogP contribution in [0.4, 0.5) is 0 Å². The smallest absolute Gasteiger partial charge is 0.306 e. The Bertz CT molecular complexity index is 1310. The summed E-state index contributed by atoms with van der Waals surface area (Å²) in [7, 11) is 0. The van der Waals surface area contributed by atoms with Crippen molar-refractivity contribution in [3.05, 3.63) is 97.2 Å². The first kappa shape index (κ1) is 61.3. The zero-order valence-corrected chi connectivity index (χ0v) is 42.2. The fraction of sp³-hybridized carbons (Fsp3) is 0.678. The molecular weight excluding hydrogens is 805 g/mol. The van der Waals surface area contributed by atoms with E-state index in [-0.39, 0.29) is 31.1 Å². The summed E-state index contributed by atoms with van der Waals surface area (Å²) in [6, 6.07) is 0. The van der Waals surface area contributed by atoms with Crippen molar-refractivity contribution >= 4 is 17.9 Å². The maximum absolute atomic E-state index is 12.7. The van der Waals surface area contributed by atoms with Crippen molar-refractivity contribution in [2.75, 3.05) is 13.2 Å². The van der Waals surface area contributed by atoms with Crippen molar-refractivity contribution in [3.8, 4) is 0 Å². The molecule has 0 radical (unpaired) electrons. The normalized spacial score (nSPS) is 12.8. The highest BCUT2D eigenvalue weighted by atomic mass is 16.6. The maximum atomic E-state index is 12.7. The largest absolute Gasteiger partial charge is 0.462 e. The van der Waals surface area contributed by atoms with Crippen LogP contribution in [-0.2, 0) is 28.6 Å². The Morgan fingerprint density at radius 3 is 0.938 bits per heavy atom. The van der Waals surface area contributed by atoms with Gasteiger partial charge in [-0.1, -0.05) is 234 Å². The third-order valence-corrected chi connectivity index (χ3v) is 11.1. The number of hydrogen-bond acceptors (Lipinski definition) is 6. The molecule has 0 aromatic rings. The minimum atomic E-state index is -0.782. The molecule has 0 saturated heterocycles. The Balaban J connectivity index is 4.22. The van der Waals surface area contributed by atoms with Crippen molar-refractivity contribution in [3.63, 3.8) is 0 Å². The molecule has 370 valence electrons. The molecule has 0 aliphatic carbocycles. The van der Waals surface area contributed by atoms with Crippen LogP contribution in [-0.4, -0.2) is 37.2 Å². The fourth-order valence-corrected chi connectivity index (χ4v) is 7.10. The van der Waals surface area contributed by atoms with Crippen molar-refractivity contribution in [2.45, 2.75) is 245 Å². The molecule has 0 aliphatic rings. The van der Waals surface area contributed by atoms with Gasteiger partial charge in [0.15, 0.2) is 6.10 Å². The molecule has 0 bridgehead atoms. The van der Waals surface area contributed by atoms with E-state index in [1.165, 1.54) is 77.0 Å². The first-order valence-electron chi connectivity index (χ1n) is 26.7. The van der Waals surface area contributed by atoms with E-state index in [0.29, 0.717) is 19.3 Å². The number of esters is 3. The van der Waals surface area contributed by atoms with Gasteiger partial charge in [0.1, 0.15) is 13.2 Å². The van der Waals surface area contributed by atoms with Crippen molar-refractivity contribution in [1.82, 2.24) is 0 Å². The van der Waals surface area contributed by atoms with Crippen LogP contribution >= 0.6 is 0 Å². The number of ether oxygens (including phenoxy) is 3. The third kappa shape index (κ3) is 51.2. The van der Waals surface area contributed by atoms with Gasteiger partial charge >= 0.3 is 17.9 Å². The molecule has 0 aliphatic heterocycles. The molecule has 0 amide bonds. The Kier molecular flexibility index (Phi) is 50.0. The second-order valence-electron chi connectivity index (χ2n) is 17.4. The molecule has 1 atom stereocenters. The molecule has 65 heavy (non-hydrogen) atoms. The Morgan fingerprint density at radius 1 is 0.323 bits per heavy atom. The molecule has 0 N–H and O–H groups in total. The van der Waals surface area contributed by atoms with E-state index in [0.717, 1.165) is 122 Å². The lowest BCUT2D eigenvalue weighted by atomic mass is 10.1. The van der Waals surface area contributed by atoms with Crippen LogP contribution in [0.15, 0.2) is 97.2 Å². The molecule has 0 rings (SSSR count). The number of carbonyl (C=O) groups is 3. The summed E-state index contributed by atoms with van der Waals surface area (Å²) in [4.78, 5) is 37.8. The lowest BCUT2D eigenvalue weighted by molar-refractivity contribution is -0.167. The van der Waals surface area contributed by atoms with Gasteiger partial charge in [-0.15, -0.1) is 0 Å². The number of allylic oxidation sites excluding steroid dienone is 16. The first-order valence-corrected chi connectivity index (χ1v) is 26.7. The quantitative estimate of drug-likeness (QED) is 0.0262. The standard InChI is InChI=1S/C59H98O6/c1-4-7-10-13-16-19-21-22-23-24-25-26-27-28-29-30-31-32-33-34-35-36-37-38-39-41-43-46-49-52-58(61)64-55-56(54-63-57(60)51-48-45-42-18-15-12-9-6-3)65-59(62)53-50-47-44-40-20-17-14-11-8-5-2/h7,10,16,19,22-23,25-26,28-29,31-32,34-35,37-38,56H,4-6,8-9,11-15,17-18,20-21,24,27,30,33,36,39-55H2,1-3H3/b10-7-,19-16-,23-22-,26-25-,29-28-,32-31-,35-34-,38-37-. The van der Waals surface area contributed by atoms with Crippen LogP contribution in [0.3, 0.4) is 0 Å². The molecule has 6 heteroatoms. The highest BCUT2D eigenvalue weighted by Gasteiger charge is 2.19. The average Bonchev–Trinajstić information content (AvgIpc) is 3.30. The van der Waals surface area contributed by atoms with E-state index in [4.69, 9.17) is 14.2 Å². The van der Waals surface area contributed by atoms with Gasteiger partial charge in [0.2, 0.25) is 0 Å². The highest BCUT2D eigenvalue weighted by molar-refractivity contribution is 5.71. The van der Waals surface area contributed by atoms with Crippen LogP contribution in [0.2, 0.25) is 0 Å². The van der Waals surface area contributed by atoms with Crippen LogP contribution in [0.25, 0.3) is 0 Å². The summed E-state index contributed by atoms with van der Waals surface area (Å²) in [6.45, 7) is 6.45. The summed E-state index contributed by atoms with van der Waals surface area (Å²) >= 11 is 0. The lowest BCUT2D eigenvalue weighted by Gasteiger charge is -2.18. The summed E-state index contributed by atoms with van der Waals surface area (Å²) in [5.74, 6) is -0.918. The van der Waals surface area contributed by atoms with Gasteiger partial charge in [-0.2, -0.15) is 0 Å². The Labute approximate surface area is 400 Å². The third-order valence-electron chi connectivity index (χ3n) is 11.1. The summed E-state index contributed by atoms with van der Waals surface area (Å²) < 4.78 is 16.7. The average molecular weight is 903 g/mol. The number of carbonyl (C=O) groups excluding carboxylic acids is 3. The van der Waals surface area contributed by atoms with Gasteiger partial charge in [-0.3, -0.25) is 14.4 Å². The first-order chi connectivity index (χ1) is 32.0. The molecule has 0 heterocycles. The molecule has 6 nitrogen and oxygen atoms in total. The molecule has 0 spiro atoms. The van der Waals surface area contributed by atoms with E-state index >= 15 is 0 Å². The predicted octanol–water partition coefficient (Wildman–Crippen LogP) is 17.8. The van der Waals surface area contributed by atoms with E-state index < -0.39 is 6.10 Å². The van der Waals surface area contributed by atoms with Gasteiger partial charge in [0, 0.05) is 19.3 Å². The second-order valence-corrected chi connectivity index (χ2v) is 17.4. The zero-order chi connectivity index (χ0) is 47.2. The summed E-state index contributed by atoms with van der Waals surface area (Å²) in [5, 5.41) is 0. The number of unbranched alkanes of at least 4 members (excludes halogenated alkanes) is 20. The molecule has 0 fully saturated rings. The van der Waals surface area contributed by atoms with Gasteiger partial charge in [-0.05, 0) is 83.5 Å². The van der Waals surface area contributed by atoms with Gasteiger partial charge in [0.05, 0.1) is 0 Å². The predicted molar refractivity (Wildman–Crippen MR) is 279 cm³/mol. The fourth-order valence-electron chi connectivity index (χ4n) is 7.10. The Morgan fingerprint density at radius 2 is 0.600 bits per heavy atom. The molecule has 0 aromatic heterocycles. The van der Waals surface area contributed by atoms with Crippen LogP contribution in [0.1, 0.15) is 239 Å². The summed E-state index contributed by atoms with van der Waals surface area (Å²) in [6.07, 6.45) is 69.8. The summed E-state index contributed by atoms with van der Waals surface area (Å²) in [5.41, 5.74) is 0. The SMILES string of the molecule is CC/C=C\C/C=C\C/C=C\C/C=C\C/C=C\C/C=C\C/C=C\C/C=C\CCCCCCC(=O)OCC(COC(=O)CCCCCCCCCC)OC(=O)CCCCCCCCCCCC. The molecule has 1 unspecified atom stereocenters.